The number of carbonyl (C=O) groups is 2. The predicted molar refractivity (Wildman–Crippen MR) is 82.6 cm³/mol. The van der Waals surface area contributed by atoms with Gasteiger partial charge in [-0.2, -0.15) is 0 Å². The molecule has 0 saturated carbocycles. The number of amides is 1. The van der Waals surface area contributed by atoms with Crippen molar-refractivity contribution in [3.8, 4) is 0 Å². The van der Waals surface area contributed by atoms with Crippen LogP contribution in [0.25, 0.3) is 0 Å². The molecule has 1 aromatic heterocycles. The standard InChI is InChI=1S/C15H21NO5S/c1-20-9-2-10-21-11-5-7-16(8-6-11)14(17)12-3-4-13(22-12)15(18)19/h3-4,11H,2,5-10H2,1H3,(H,18,19). The lowest BCUT2D eigenvalue weighted by molar-refractivity contribution is 0.00199. The molecule has 0 aromatic carbocycles. The van der Waals surface area contributed by atoms with Gasteiger partial charge >= 0.3 is 5.97 Å². The van der Waals surface area contributed by atoms with E-state index < -0.39 is 5.97 Å². The van der Waals surface area contributed by atoms with Gasteiger partial charge in [-0.05, 0) is 31.4 Å². The fourth-order valence-electron chi connectivity index (χ4n) is 2.40. The number of likely N-dealkylation sites (tertiary alicyclic amines) is 1. The van der Waals surface area contributed by atoms with Crippen molar-refractivity contribution in [2.24, 2.45) is 0 Å². The average molecular weight is 327 g/mol. The molecule has 2 heterocycles. The van der Waals surface area contributed by atoms with E-state index in [1.54, 1.807) is 18.1 Å². The molecule has 0 spiro atoms. The Balaban J connectivity index is 1.78. The quantitative estimate of drug-likeness (QED) is 0.776. The maximum Gasteiger partial charge on any atom is 0.345 e. The van der Waals surface area contributed by atoms with E-state index in [2.05, 4.69) is 0 Å². The summed E-state index contributed by atoms with van der Waals surface area (Å²) >= 11 is 1.03. The Morgan fingerprint density at radius 2 is 1.95 bits per heavy atom. The van der Waals surface area contributed by atoms with Crippen LogP contribution in [0.2, 0.25) is 0 Å². The molecule has 0 bridgehead atoms. The highest BCUT2D eigenvalue weighted by Gasteiger charge is 2.25. The van der Waals surface area contributed by atoms with Crippen LogP contribution in [0.5, 0.6) is 0 Å². The minimum Gasteiger partial charge on any atom is -0.477 e. The van der Waals surface area contributed by atoms with Gasteiger partial charge in [0.1, 0.15) is 4.88 Å². The zero-order valence-corrected chi connectivity index (χ0v) is 13.4. The minimum atomic E-state index is -0.993. The number of hydrogen-bond donors (Lipinski definition) is 1. The summed E-state index contributed by atoms with van der Waals surface area (Å²) in [6, 6.07) is 3.07. The lowest BCUT2D eigenvalue weighted by atomic mass is 10.1. The Bertz CT molecular complexity index is 508. The van der Waals surface area contributed by atoms with Crippen LogP contribution in [0.4, 0.5) is 0 Å². The van der Waals surface area contributed by atoms with Crippen molar-refractivity contribution in [1.29, 1.82) is 0 Å². The van der Waals surface area contributed by atoms with Crippen molar-refractivity contribution in [1.82, 2.24) is 4.90 Å². The summed E-state index contributed by atoms with van der Waals surface area (Å²) < 4.78 is 10.7. The smallest absolute Gasteiger partial charge is 0.345 e. The molecule has 0 radical (unpaired) electrons. The van der Waals surface area contributed by atoms with Gasteiger partial charge in [-0.25, -0.2) is 4.79 Å². The third kappa shape index (κ3) is 4.53. The highest BCUT2D eigenvalue weighted by Crippen LogP contribution is 2.21. The molecule has 1 aromatic rings. The van der Waals surface area contributed by atoms with Crippen LogP contribution in [0.1, 0.15) is 38.6 Å². The van der Waals surface area contributed by atoms with E-state index >= 15 is 0 Å². The normalized spacial score (nSPS) is 16.0. The molecule has 2 rings (SSSR count). The number of nitrogens with zero attached hydrogens (tertiary/aromatic N) is 1. The fraction of sp³-hybridized carbons (Fsp3) is 0.600. The third-order valence-corrected chi connectivity index (χ3v) is 4.66. The topological polar surface area (TPSA) is 76.1 Å². The van der Waals surface area contributed by atoms with Crippen LogP contribution in [0, 0.1) is 0 Å². The van der Waals surface area contributed by atoms with E-state index in [4.69, 9.17) is 14.6 Å². The summed E-state index contributed by atoms with van der Waals surface area (Å²) in [4.78, 5) is 25.6. The van der Waals surface area contributed by atoms with Crippen LogP contribution in [-0.2, 0) is 9.47 Å². The summed E-state index contributed by atoms with van der Waals surface area (Å²) in [5.41, 5.74) is 0. The van der Waals surface area contributed by atoms with Gasteiger partial charge in [0.25, 0.3) is 5.91 Å². The summed E-state index contributed by atoms with van der Waals surface area (Å²) in [6.45, 7) is 2.67. The monoisotopic (exact) mass is 327 g/mol. The lowest BCUT2D eigenvalue weighted by Crippen LogP contribution is -2.40. The van der Waals surface area contributed by atoms with Gasteiger partial charge in [-0.1, -0.05) is 0 Å². The Hall–Kier alpha value is -1.44. The molecule has 1 aliphatic rings. The van der Waals surface area contributed by atoms with Crippen molar-refractivity contribution >= 4 is 23.2 Å². The van der Waals surface area contributed by atoms with Gasteiger partial charge in [-0.15, -0.1) is 11.3 Å². The number of carboxylic acid groups (broad SMARTS) is 1. The number of ether oxygens (including phenoxy) is 2. The van der Waals surface area contributed by atoms with Crippen LogP contribution in [-0.4, -0.2) is 61.4 Å². The van der Waals surface area contributed by atoms with Crippen LogP contribution in [0.3, 0.4) is 0 Å². The van der Waals surface area contributed by atoms with Gasteiger partial charge in [0.05, 0.1) is 11.0 Å². The number of aromatic carboxylic acids is 1. The molecule has 0 aliphatic carbocycles. The average Bonchev–Trinajstić information content (AvgIpc) is 3.02. The zero-order chi connectivity index (χ0) is 15.9. The molecule has 22 heavy (non-hydrogen) atoms. The summed E-state index contributed by atoms with van der Waals surface area (Å²) in [7, 11) is 1.67. The molecule has 1 amide bonds. The first kappa shape index (κ1) is 16.9. The van der Waals surface area contributed by atoms with Gasteiger partial charge in [-0.3, -0.25) is 4.79 Å². The number of piperidine rings is 1. The Kier molecular flexibility index (Phi) is 6.35. The molecule has 6 nitrogen and oxygen atoms in total. The molecular formula is C15H21NO5S. The number of carboxylic acids is 1. The third-order valence-electron chi connectivity index (χ3n) is 3.60. The zero-order valence-electron chi connectivity index (χ0n) is 12.6. The van der Waals surface area contributed by atoms with E-state index in [0.717, 1.165) is 30.6 Å². The summed E-state index contributed by atoms with van der Waals surface area (Å²) in [5, 5.41) is 8.91. The number of methoxy groups -OCH3 is 1. The van der Waals surface area contributed by atoms with Crippen molar-refractivity contribution in [2.75, 3.05) is 33.4 Å². The van der Waals surface area contributed by atoms with Crippen molar-refractivity contribution in [3.05, 3.63) is 21.9 Å². The summed E-state index contributed by atoms with van der Waals surface area (Å²) in [6.07, 6.45) is 2.70. The summed E-state index contributed by atoms with van der Waals surface area (Å²) in [5.74, 6) is -1.08. The molecule has 0 atom stereocenters. The number of rotatable bonds is 7. The largest absolute Gasteiger partial charge is 0.477 e. The number of thiophene rings is 1. The maximum atomic E-state index is 12.3. The molecule has 1 aliphatic heterocycles. The van der Waals surface area contributed by atoms with Crippen molar-refractivity contribution in [2.45, 2.75) is 25.4 Å². The van der Waals surface area contributed by atoms with E-state index in [0.29, 0.717) is 31.2 Å². The van der Waals surface area contributed by atoms with E-state index in [-0.39, 0.29) is 16.9 Å². The van der Waals surface area contributed by atoms with E-state index in [1.165, 1.54) is 6.07 Å². The maximum absolute atomic E-state index is 12.3. The number of carbonyl (C=O) groups excluding carboxylic acids is 1. The Morgan fingerprint density at radius 3 is 2.55 bits per heavy atom. The van der Waals surface area contributed by atoms with Gasteiger partial charge in [0.2, 0.25) is 0 Å². The highest BCUT2D eigenvalue weighted by molar-refractivity contribution is 7.15. The highest BCUT2D eigenvalue weighted by atomic mass is 32.1. The lowest BCUT2D eigenvalue weighted by Gasteiger charge is -2.31. The molecule has 1 fully saturated rings. The Morgan fingerprint density at radius 1 is 1.27 bits per heavy atom. The van der Waals surface area contributed by atoms with Crippen LogP contribution in [0.15, 0.2) is 12.1 Å². The molecular weight excluding hydrogens is 306 g/mol. The predicted octanol–water partition coefficient (Wildman–Crippen LogP) is 2.10. The van der Waals surface area contributed by atoms with Crippen molar-refractivity contribution < 1.29 is 24.2 Å². The Labute approximate surface area is 133 Å². The molecule has 1 N–H and O–H groups in total. The van der Waals surface area contributed by atoms with Gasteiger partial charge in [0, 0.05) is 33.4 Å². The fourth-order valence-corrected chi connectivity index (χ4v) is 3.22. The second kappa shape index (κ2) is 8.26. The SMILES string of the molecule is COCCCOC1CCN(C(=O)c2ccc(C(=O)O)s2)CC1. The molecule has 122 valence electrons. The molecule has 1 saturated heterocycles. The molecule has 7 heteroatoms. The molecule has 0 unspecified atom stereocenters. The minimum absolute atomic E-state index is 0.0877. The number of hydrogen-bond acceptors (Lipinski definition) is 5. The second-order valence-corrected chi connectivity index (χ2v) is 6.26. The van der Waals surface area contributed by atoms with Gasteiger partial charge in [0.15, 0.2) is 0 Å². The van der Waals surface area contributed by atoms with E-state index in [9.17, 15) is 9.59 Å². The first-order chi connectivity index (χ1) is 10.6. The second-order valence-electron chi connectivity index (χ2n) is 5.18. The first-order valence-electron chi connectivity index (χ1n) is 7.34. The van der Waals surface area contributed by atoms with Gasteiger partial charge < -0.3 is 19.5 Å². The van der Waals surface area contributed by atoms with E-state index in [1.807, 2.05) is 0 Å². The van der Waals surface area contributed by atoms with Crippen LogP contribution < -0.4 is 0 Å². The first-order valence-corrected chi connectivity index (χ1v) is 8.16. The van der Waals surface area contributed by atoms with Crippen LogP contribution >= 0.6 is 11.3 Å². The van der Waals surface area contributed by atoms with Crippen molar-refractivity contribution in [3.63, 3.8) is 0 Å².